The maximum atomic E-state index is 13.4. The monoisotopic (exact) mass is 267 g/mol. The molecule has 0 bridgehead atoms. The Morgan fingerprint density at radius 2 is 2.06 bits per heavy atom. The van der Waals surface area contributed by atoms with Crippen molar-refractivity contribution in [1.82, 2.24) is 0 Å². The summed E-state index contributed by atoms with van der Waals surface area (Å²) in [6.07, 6.45) is 8.31. The second-order valence-electron chi connectivity index (χ2n) is 4.93. The Morgan fingerprint density at radius 1 is 1.33 bits per heavy atom. The number of benzene rings is 1. The minimum Gasteiger partial charge on any atom is -0.327 e. The zero-order valence-corrected chi connectivity index (χ0v) is 11.2. The van der Waals surface area contributed by atoms with Crippen LogP contribution in [0.25, 0.3) is 6.08 Å². The molecular formula is C15H19ClFN. The minimum atomic E-state index is -0.370. The van der Waals surface area contributed by atoms with Gasteiger partial charge in [0.15, 0.2) is 0 Å². The second kappa shape index (κ2) is 6.35. The van der Waals surface area contributed by atoms with Gasteiger partial charge in [0, 0.05) is 6.54 Å². The highest BCUT2D eigenvalue weighted by atomic mass is 35.5. The molecule has 0 spiro atoms. The molecule has 1 aromatic rings. The van der Waals surface area contributed by atoms with Crippen molar-refractivity contribution in [3.05, 3.63) is 40.2 Å². The van der Waals surface area contributed by atoms with Gasteiger partial charge in [-0.3, -0.25) is 0 Å². The van der Waals surface area contributed by atoms with Crippen molar-refractivity contribution in [3.8, 4) is 0 Å². The zero-order chi connectivity index (χ0) is 13.0. The molecule has 2 N–H and O–H groups in total. The van der Waals surface area contributed by atoms with E-state index in [2.05, 4.69) is 0 Å². The standard InChI is InChI=1S/C15H19ClFN/c16-14-7-6-11(9-15(14)17)8-13(10-18)12-4-2-1-3-5-12/h6-9,12H,1-5,10,18H2. The number of hydrogen-bond acceptors (Lipinski definition) is 1. The summed E-state index contributed by atoms with van der Waals surface area (Å²) in [5.74, 6) is 0.202. The third-order valence-electron chi connectivity index (χ3n) is 3.66. The summed E-state index contributed by atoms with van der Waals surface area (Å²) in [6, 6.07) is 4.91. The molecular weight excluding hydrogens is 249 g/mol. The maximum absolute atomic E-state index is 13.4. The lowest BCUT2D eigenvalue weighted by molar-refractivity contribution is 0.401. The molecule has 0 aliphatic heterocycles. The van der Waals surface area contributed by atoms with Crippen molar-refractivity contribution < 1.29 is 4.39 Å². The van der Waals surface area contributed by atoms with Crippen molar-refractivity contribution in [2.45, 2.75) is 32.1 Å². The molecule has 0 heterocycles. The van der Waals surface area contributed by atoms with Crippen LogP contribution in [0.5, 0.6) is 0 Å². The molecule has 1 nitrogen and oxygen atoms in total. The smallest absolute Gasteiger partial charge is 0.142 e. The first-order chi connectivity index (χ1) is 8.70. The zero-order valence-electron chi connectivity index (χ0n) is 10.5. The van der Waals surface area contributed by atoms with E-state index >= 15 is 0 Å². The summed E-state index contributed by atoms with van der Waals surface area (Å²) in [5, 5.41) is 0.166. The highest BCUT2D eigenvalue weighted by Gasteiger charge is 2.16. The van der Waals surface area contributed by atoms with Gasteiger partial charge >= 0.3 is 0 Å². The molecule has 1 saturated carbocycles. The Hall–Kier alpha value is -0.860. The molecule has 18 heavy (non-hydrogen) atoms. The highest BCUT2D eigenvalue weighted by molar-refractivity contribution is 6.30. The van der Waals surface area contributed by atoms with Crippen molar-refractivity contribution in [2.24, 2.45) is 11.7 Å². The first-order valence-corrected chi connectivity index (χ1v) is 6.94. The van der Waals surface area contributed by atoms with Crippen LogP contribution in [0.4, 0.5) is 4.39 Å². The van der Waals surface area contributed by atoms with Gasteiger partial charge in [-0.2, -0.15) is 0 Å². The summed E-state index contributed by atoms with van der Waals surface area (Å²) in [5.41, 5.74) is 7.91. The van der Waals surface area contributed by atoms with E-state index in [1.54, 1.807) is 6.07 Å². The molecule has 2 rings (SSSR count). The number of rotatable bonds is 3. The summed E-state index contributed by atoms with van der Waals surface area (Å²) in [4.78, 5) is 0. The van der Waals surface area contributed by atoms with Crippen LogP contribution in [0.15, 0.2) is 23.8 Å². The molecule has 0 saturated heterocycles. The van der Waals surface area contributed by atoms with Gasteiger partial charge in [0.05, 0.1) is 5.02 Å². The van der Waals surface area contributed by atoms with E-state index in [0.29, 0.717) is 12.5 Å². The average Bonchev–Trinajstić information content (AvgIpc) is 2.41. The van der Waals surface area contributed by atoms with Crippen molar-refractivity contribution in [1.29, 1.82) is 0 Å². The van der Waals surface area contributed by atoms with Crippen LogP contribution in [0.1, 0.15) is 37.7 Å². The lowest BCUT2D eigenvalue weighted by Gasteiger charge is -2.24. The first kappa shape index (κ1) is 13.6. The molecule has 0 amide bonds. The van der Waals surface area contributed by atoms with Crippen LogP contribution in [-0.2, 0) is 0 Å². The molecule has 3 heteroatoms. The van der Waals surface area contributed by atoms with E-state index in [4.69, 9.17) is 17.3 Å². The average molecular weight is 268 g/mol. The third kappa shape index (κ3) is 3.33. The summed E-state index contributed by atoms with van der Waals surface area (Å²) in [7, 11) is 0. The van der Waals surface area contributed by atoms with Crippen LogP contribution in [0.3, 0.4) is 0 Å². The van der Waals surface area contributed by atoms with Crippen molar-refractivity contribution >= 4 is 17.7 Å². The van der Waals surface area contributed by atoms with Gasteiger partial charge in [-0.15, -0.1) is 0 Å². The van der Waals surface area contributed by atoms with Gasteiger partial charge in [-0.1, -0.05) is 48.6 Å². The van der Waals surface area contributed by atoms with Crippen LogP contribution in [0, 0.1) is 11.7 Å². The van der Waals surface area contributed by atoms with Crippen LogP contribution < -0.4 is 5.73 Å². The molecule has 0 aromatic heterocycles. The Balaban J connectivity index is 2.19. The first-order valence-electron chi connectivity index (χ1n) is 6.56. The highest BCUT2D eigenvalue weighted by Crippen LogP contribution is 2.30. The summed E-state index contributed by atoms with van der Waals surface area (Å²) < 4.78 is 13.4. The van der Waals surface area contributed by atoms with E-state index in [9.17, 15) is 4.39 Å². The van der Waals surface area contributed by atoms with Gasteiger partial charge < -0.3 is 5.73 Å². The number of nitrogens with two attached hydrogens (primary N) is 1. The third-order valence-corrected chi connectivity index (χ3v) is 3.97. The fourth-order valence-electron chi connectivity index (χ4n) is 2.63. The van der Waals surface area contributed by atoms with Crippen molar-refractivity contribution in [3.63, 3.8) is 0 Å². The van der Waals surface area contributed by atoms with E-state index in [0.717, 1.165) is 5.56 Å². The lowest BCUT2D eigenvalue weighted by Crippen LogP contribution is -2.16. The quantitative estimate of drug-likeness (QED) is 0.863. The van der Waals surface area contributed by atoms with Gasteiger partial charge in [-0.25, -0.2) is 4.39 Å². The van der Waals surface area contributed by atoms with Crippen LogP contribution in [-0.4, -0.2) is 6.54 Å². The van der Waals surface area contributed by atoms with Crippen LogP contribution >= 0.6 is 11.6 Å². The topological polar surface area (TPSA) is 26.0 Å². The second-order valence-corrected chi connectivity index (χ2v) is 5.34. The molecule has 0 unspecified atom stereocenters. The number of halogens is 2. The summed E-state index contributed by atoms with van der Waals surface area (Å²) in [6.45, 7) is 0.551. The predicted molar refractivity (Wildman–Crippen MR) is 75.0 cm³/mol. The van der Waals surface area contributed by atoms with E-state index in [1.165, 1.54) is 43.7 Å². The molecule has 1 aromatic carbocycles. The normalized spacial score (nSPS) is 18.1. The Bertz CT molecular complexity index is 436. The van der Waals surface area contributed by atoms with Crippen molar-refractivity contribution in [2.75, 3.05) is 6.54 Å². The van der Waals surface area contributed by atoms with E-state index in [1.807, 2.05) is 12.1 Å². The Kier molecular flexibility index (Phi) is 4.79. The Morgan fingerprint density at radius 3 is 2.67 bits per heavy atom. The Labute approximate surface area is 113 Å². The predicted octanol–water partition coefficient (Wildman–Crippen LogP) is 4.40. The minimum absolute atomic E-state index is 0.166. The van der Waals surface area contributed by atoms with E-state index < -0.39 is 0 Å². The van der Waals surface area contributed by atoms with Gasteiger partial charge in [0.25, 0.3) is 0 Å². The molecule has 98 valence electrons. The SMILES string of the molecule is NCC(=Cc1ccc(Cl)c(F)c1)C1CCCCC1. The lowest BCUT2D eigenvalue weighted by atomic mass is 9.83. The molecule has 1 fully saturated rings. The fourth-order valence-corrected chi connectivity index (χ4v) is 2.75. The molecule has 1 aliphatic carbocycles. The van der Waals surface area contributed by atoms with Crippen LogP contribution in [0.2, 0.25) is 5.02 Å². The van der Waals surface area contributed by atoms with E-state index in [-0.39, 0.29) is 10.8 Å². The van der Waals surface area contributed by atoms with Gasteiger partial charge in [-0.05, 0) is 36.5 Å². The van der Waals surface area contributed by atoms with Gasteiger partial charge in [0.2, 0.25) is 0 Å². The largest absolute Gasteiger partial charge is 0.327 e. The molecule has 0 radical (unpaired) electrons. The summed E-state index contributed by atoms with van der Waals surface area (Å²) >= 11 is 5.68. The fraction of sp³-hybridized carbons (Fsp3) is 0.467. The molecule has 1 aliphatic rings. The molecule has 0 atom stereocenters. The maximum Gasteiger partial charge on any atom is 0.142 e. The van der Waals surface area contributed by atoms with Gasteiger partial charge in [0.1, 0.15) is 5.82 Å². The number of hydrogen-bond donors (Lipinski definition) is 1.